The number of hydrogen-bond acceptors (Lipinski definition) is 5. The van der Waals surface area contributed by atoms with E-state index in [1.807, 2.05) is 48.5 Å². The average molecular weight is 426 g/mol. The number of carboxylic acids is 1. The number of benzene rings is 2. The summed E-state index contributed by atoms with van der Waals surface area (Å²) < 4.78 is 5.38. The van der Waals surface area contributed by atoms with Gasteiger partial charge in [-0.15, -0.1) is 0 Å². The predicted octanol–water partition coefficient (Wildman–Crippen LogP) is 2.26. The van der Waals surface area contributed by atoms with Crippen LogP contribution in [0.1, 0.15) is 36.8 Å². The summed E-state index contributed by atoms with van der Waals surface area (Å²) in [6.07, 6.45) is -2.26. The van der Waals surface area contributed by atoms with Crippen molar-refractivity contribution in [2.24, 2.45) is 0 Å². The third kappa shape index (κ3) is 5.82. The molecule has 4 N–H and O–H groups in total. The van der Waals surface area contributed by atoms with Crippen molar-refractivity contribution in [3.05, 3.63) is 59.7 Å². The number of hydrogen-bond donors (Lipinski definition) is 4. The van der Waals surface area contributed by atoms with Crippen LogP contribution >= 0.6 is 0 Å². The average Bonchev–Trinajstić information content (AvgIpc) is 3.04. The molecule has 2 aromatic rings. The lowest BCUT2D eigenvalue weighted by molar-refractivity contribution is -0.137. The molecule has 0 aliphatic heterocycles. The van der Waals surface area contributed by atoms with Crippen molar-refractivity contribution in [2.75, 3.05) is 13.2 Å². The molecule has 2 aromatic carbocycles. The predicted molar refractivity (Wildman–Crippen MR) is 114 cm³/mol. The molecule has 0 aromatic heterocycles. The monoisotopic (exact) mass is 426 g/mol. The van der Waals surface area contributed by atoms with Crippen LogP contribution in [-0.2, 0) is 14.3 Å². The third-order valence-electron chi connectivity index (χ3n) is 5.13. The van der Waals surface area contributed by atoms with Gasteiger partial charge in [0.05, 0.1) is 18.9 Å². The smallest absolute Gasteiger partial charge is 0.407 e. The second-order valence-electron chi connectivity index (χ2n) is 7.63. The summed E-state index contributed by atoms with van der Waals surface area (Å²) in [5, 5.41) is 23.6. The van der Waals surface area contributed by atoms with E-state index in [1.54, 1.807) is 6.92 Å². The molecule has 2 atom stereocenters. The van der Waals surface area contributed by atoms with E-state index in [9.17, 15) is 19.5 Å². The number of aliphatic hydroxyl groups excluding tert-OH is 1. The van der Waals surface area contributed by atoms with Crippen molar-refractivity contribution < 1.29 is 29.3 Å². The van der Waals surface area contributed by atoms with Crippen molar-refractivity contribution in [2.45, 2.75) is 37.8 Å². The van der Waals surface area contributed by atoms with Gasteiger partial charge in [-0.1, -0.05) is 48.5 Å². The van der Waals surface area contributed by atoms with Crippen molar-refractivity contribution >= 4 is 18.0 Å². The van der Waals surface area contributed by atoms with Crippen LogP contribution in [0, 0.1) is 0 Å². The molecule has 1 aliphatic rings. The van der Waals surface area contributed by atoms with Gasteiger partial charge < -0.3 is 25.6 Å². The zero-order chi connectivity index (χ0) is 22.4. The van der Waals surface area contributed by atoms with E-state index in [-0.39, 0.29) is 31.9 Å². The van der Waals surface area contributed by atoms with Crippen LogP contribution in [0.3, 0.4) is 0 Å². The highest BCUT2D eigenvalue weighted by molar-refractivity contribution is 5.79. The summed E-state index contributed by atoms with van der Waals surface area (Å²) in [7, 11) is 0. The Balaban J connectivity index is 1.46. The van der Waals surface area contributed by atoms with Crippen molar-refractivity contribution in [1.29, 1.82) is 0 Å². The number of carbonyl (C=O) groups is 3. The molecule has 3 rings (SSSR count). The van der Waals surface area contributed by atoms with Gasteiger partial charge in [0.15, 0.2) is 0 Å². The molecule has 2 amide bonds. The molecule has 0 fully saturated rings. The van der Waals surface area contributed by atoms with Crippen molar-refractivity contribution in [3.63, 3.8) is 0 Å². The second-order valence-corrected chi connectivity index (χ2v) is 7.63. The summed E-state index contributed by atoms with van der Waals surface area (Å²) in [6.45, 7) is 1.56. The lowest BCUT2D eigenvalue weighted by atomic mass is 9.98. The van der Waals surface area contributed by atoms with Gasteiger partial charge in [0, 0.05) is 18.5 Å². The van der Waals surface area contributed by atoms with Crippen LogP contribution in [-0.4, -0.2) is 53.5 Å². The van der Waals surface area contributed by atoms with Gasteiger partial charge >= 0.3 is 12.1 Å². The topological polar surface area (TPSA) is 125 Å². The van der Waals surface area contributed by atoms with Gasteiger partial charge in [-0.2, -0.15) is 0 Å². The SMILES string of the molecule is C[C@@H](CC(=O)O)NC(=O)CC(O)CNC(=O)OCC1c2ccccc2-c2ccccc21. The first-order chi connectivity index (χ1) is 14.8. The Bertz CT molecular complexity index is 915. The second kappa shape index (κ2) is 10.1. The van der Waals surface area contributed by atoms with E-state index in [0.29, 0.717) is 0 Å². The number of rotatable bonds is 9. The van der Waals surface area contributed by atoms with E-state index in [2.05, 4.69) is 10.6 Å². The Morgan fingerprint density at radius 1 is 1.00 bits per heavy atom. The van der Waals surface area contributed by atoms with E-state index < -0.39 is 30.1 Å². The maximum Gasteiger partial charge on any atom is 0.407 e. The summed E-state index contributed by atoms with van der Waals surface area (Å²) in [5.41, 5.74) is 4.46. The fourth-order valence-corrected chi connectivity index (χ4v) is 3.78. The van der Waals surface area contributed by atoms with E-state index in [1.165, 1.54) is 0 Å². The summed E-state index contributed by atoms with van der Waals surface area (Å²) >= 11 is 0. The Morgan fingerprint density at radius 3 is 2.16 bits per heavy atom. The molecule has 164 valence electrons. The molecule has 8 heteroatoms. The summed E-state index contributed by atoms with van der Waals surface area (Å²) in [6, 6.07) is 15.5. The Morgan fingerprint density at radius 2 is 1.58 bits per heavy atom. The van der Waals surface area contributed by atoms with Gasteiger partial charge in [-0.25, -0.2) is 4.79 Å². The van der Waals surface area contributed by atoms with Gasteiger partial charge in [0.2, 0.25) is 5.91 Å². The maximum atomic E-state index is 12.1. The highest BCUT2D eigenvalue weighted by atomic mass is 16.5. The molecule has 0 spiro atoms. The number of ether oxygens (including phenoxy) is 1. The minimum Gasteiger partial charge on any atom is -0.481 e. The zero-order valence-electron chi connectivity index (χ0n) is 17.2. The molecular formula is C23H26N2O6. The number of amides is 2. The lowest BCUT2D eigenvalue weighted by Gasteiger charge is -2.16. The maximum absolute atomic E-state index is 12.1. The fraction of sp³-hybridized carbons (Fsp3) is 0.348. The molecule has 1 aliphatic carbocycles. The number of carboxylic acid groups (broad SMARTS) is 1. The van der Waals surface area contributed by atoms with E-state index >= 15 is 0 Å². The highest BCUT2D eigenvalue weighted by Crippen LogP contribution is 2.44. The largest absolute Gasteiger partial charge is 0.481 e. The van der Waals surface area contributed by atoms with E-state index in [4.69, 9.17) is 9.84 Å². The van der Waals surface area contributed by atoms with Gasteiger partial charge in [0.1, 0.15) is 6.61 Å². The first-order valence-electron chi connectivity index (χ1n) is 10.1. The number of aliphatic hydroxyl groups is 1. The van der Waals surface area contributed by atoms with Gasteiger partial charge in [0.25, 0.3) is 0 Å². The Labute approximate surface area is 180 Å². The summed E-state index contributed by atoms with van der Waals surface area (Å²) in [4.78, 5) is 34.5. The fourth-order valence-electron chi connectivity index (χ4n) is 3.78. The molecule has 0 saturated carbocycles. The van der Waals surface area contributed by atoms with Gasteiger partial charge in [-0.3, -0.25) is 9.59 Å². The number of aliphatic carboxylic acids is 1. The standard InChI is InChI=1S/C23H26N2O6/c1-14(10-22(28)29)25-21(27)11-15(26)12-24-23(30)31-13-20-18-8-4-2-6-16(18)17-7-3-5-9-19(17)20/h2-9,14-15,20,26H,10-13H2,1H3,(H,24,30)(H,25,27)(H,28,29)/t14-,15?/m0/s1. The zero-order valence-corrected chi connectivity index (χ0v) is 17.2. The van der Waals surface area contributed by atoms with Crippen LogP contribution in [0.5, 0.6) is 0 Å². The minimum absolute atomic E-state index is 0.0652. The van der Waals surface area contributed by atoms with Crippen LogP contribution in [0.4, 0.5) is 4.79 Å². The first kappa shape index (κ1) is 22.3. The van der Waals surface area contributed by atoms with Crippen LogP contribution in [0.2, 0.25) is 0 Å². The quantitative estimate of drug-likeness (QED) is 0.487. The van der Waals surface area contributed by atoms with Crippen molar-refractivity contribution in [1.82, 2.24) is 10.6 Å². The number of fused-ring (bicyclic) bond motifs is 3. The van der Waals surface area contributed by atoms with Crippen LogP contribution in [0.15, 0.2) is 48.5 Å². The van der Waals surface area contributed by atoms with Crippen LogP contribution < -0.4 is 10.6 Å². The molecule has 8 nitrogen and oxygen atoms in total. The summed E-state index contributed by atoms with van der Waals surface area (Å²) in [5.74, 6) is -1.58. The molecule has 0 saturated heterocycles. The highest BCUT2D eigenvalue weighted by Gasteiger charge is 2.29. The Hall–Kier alpha value is -3.39. The molecule has 0 radical (unpaired) electrons. The number of nitrogens with one attached hydrogen (secondary N) is 2. The third-order valence-corrected chi connectivity index (χ3v) is 5.13. The van der Waals surface area contributed by atoms with Crippen molar-refractivity contribution in [3.8, 4) is 11.1 Å². The molecule has 31 heavy (non-hydrogen) atoms. The number of alkyl carbamates (subject to hydrolysis) is 1. The van der Waals surface area contributed by atoms with Crippen LogP contribution in [0.25, 0.3) is 11.1 Å². The normalized spacial score (nSPS) is 14.1. The molecule has 0 bridgehead atoms. The molecular weight excluding hydrogens is 400 g/mol. The minimum atomic E-state index is -1.11. The molecule has 0 heterocycles. The first-order valence-corrected chi connectivity index (χ1v) is 10.1. The lowest BCUT2D eigenvalue weighted by Crippen LogP contribution is -2.39. The molecule has 1 unspecified atom stereocenters. The Kier molecular flexibility index (Phi) is 7.25. The van der Waals surface area contributed by atoms with Gasteiger partial charge in [-0.05, 0) is 29.2 Å². The number of carbonyl (C=O) groups excluding carboxylic acids is 2. The van der Waals surface area contributed by atoms with E-state index in [0.717, 1.165) is 22.3 Å².